The molecule has 1 amide bonds. The number of carbonyl (C=O) groups excluding carboxylic acids is 1. The minimum atomic E-state index is -0.779. The maximum Gasteiger partial charge on any atom is 0.253 e. The number of para-hydroxylation sites is 1. The Morgan fingerprint density at radius 1 is 1.07 bits per heavy atom. The van der Waals surface area contributed by atoms with E-state index in [2.05, 4.69) is 20.6 Å². The number of hydrogen-bond acceptors (Lipinski definition) is 6. The highest BCUT2D eigenvalue weighted by Crippen LogP contribution is 2.23. The number of aromatic nitrogens is 2. The topological polar surface area (TPSA) is 107 Å². The average Bonchev–Trinajstić information content (AvgIpc) is 2.79. The minimum Gasteiger partial charge on any atom is -0.393 e. The van der Waals surface area contributed by atoms with Crippen molar-refractivity contribution in [2.75, 3.05) is 11.9 Å². The molecule has 1 aliphatic carbocycles. The van der Waals surface area contributed by atoms with Crippen LogP contribution in [0.5, 0.6) is 0 Å². The number of aliphatic hydroxyl groups excluding tert-OH is 2. The first-order valence-electron chi connectivity index (χ1n) is 10.3. The molecule has 4 N–H and O–H groups in total. The quantitative estimate of drug-likeness (QED) is 0.501. The second-order valence-corrected chi connectivity index (χ2v) is 7.72. The predicted molar refractivity (Wildman–Crippen MR) is 115 cm³/mol. The first-order valence-corrected chi connectivity index (χ1v) is 10.3. The molecule has 1 aliphatic rings. The zero-order valence-electron chi connectivity index (χ0n) is 16.7. The monoisotopic (exact) mass is 406 g/mol. The molecule has 156 valence electrons. The number of carbonyl (C=O) groups is 1. The Morgan fingerprint density at radius 3 is 2.60 bits per heavy atom. The van der Waals surface area contributed by atoms with Crippen molar-refractivity contribution < 1.29 is 15.0 Å². The number of fused-ring (bicyclic) bond motifs is 1. The van der Waals surface area contributed by atoms with E-state index in [1.807, 2.05) is 36.4 Å². The summed E-state index contributed by atoms with van der Waals surface area (Å²) in [6.07, 6.45) is 3.97. The summed E-state index contributed by atoms with van der Waals surface area (Å²) in [5.41, 5.74) is 1.76. The lowest BCUT2D eigenvalue weighted by molar-refractivity contribution is 0.0917. The van der Waals surface area contributed by atoms with Crippen molar-refractivity contribution in [3.05, 3.63) is 65.9 Å². The number of hydrogen-bond donors (Lipinski definition) is 4. The van der Waals surface area contributed by atoms with Crippen molar-refractivity contribution in [1.82, 2.24) is 15.3 Å². The summed E-state index contributed by atoms with van der Waals surface area (Å²) in [7, 11) is 0. The fourth-order valence-electron chi connectivity index (χ4n) is 3.79. The summed E-state index contributed by atoms with van der Waals surface area (Å²) >= 11 is 0. The van der Waals surface area contributed by atoms with Crippen LogP contribution >= 0.6 is 0 Å². The van der Waals surface area contributed by atoms with Crippen LogP contribution in [0, 0.1) is 0 Å². The maximum absolute atomic E-state index is 12.8. The van der Waals surface area contributed by atoms with Crippen molar-refractivity contribution in [2.45, 2.75) is 43.9 Å². The molecule has 7 heteroatoms. The molecule has 1 heterocycles. The highest BCUT2D eigenvalue weighted by atomic mass is 16.3. The van der Waals surface area contributed by atoms with E-state index in [-0.39, 0.29) is 24.6 Å². The van der Waals surface area contributed by atoms with Crippen molar-refractivity contribution in [3.8, 4) is 0 Å². The van der Waals surface area contributed by atoms with E-state index in [0.29, 0.717) is 17.0 Å². The molecule has 7 nitrogen and oxygen atoms in total. The second kappa shape index (κ2) is 9.19. The largest absolute Gasteiger partial charge is 0.393 e. The van der Waals surface area contributed by atoms with Crippen molar-refractivity contribution >= 4 is 22.8 Å². The van der Waals surface area contributed by atoms with Gasteiger partial charge in [0, 0.05) is 24.2 Å². The van der Waals surface area contributed by atoms with E-state index in [0.717, 1.165) is 36.6 Å². The number of nitrogens with one attached hydrogen (secondary N) is 2. The van der Waals surface area contributed by atoms with E-state index < -0.39 is 6.10 Å². The third-order valence-corrected chi connectivity index (χ3v) is 5.53. The maximum atomic E-state index is 12.8. The number of rotatable bonds is 6. The van der Waals surface area contributed by atoms with Crippen molar-refractivity contribution in [1.29, 1.82) is 0 Å². The van der Waals surface area contributed by atoms with Crippen LogP contribution in [-0.2, 0) is 0 Å². The van der Waals surface area contributed by atoms with Gasteiger partial charge in [0.1, 0.15) is 0 Å². The third kappa shape index (κ3) is 4.75. The molecule has 1 aromatic heterocycles. The minimum absolute atomic E-state index is 0.111. The normalized spacial score (nSPS) is 19.9. The molecule has 1 unspecified atom stereocenters. The smallest absolute Gasteiger partial charge is 0.253 e. The predicted octanol–water partition coefficient (Wildman–Crippen LogP) is 2.81. The zero-order valence-corrected chi connectivity index (χ0v) is 16.7. The van der Waals surface area contributed by atoms with Gasteiger partial charge in [-0.05, 0) is 37.3 Å². The Hall–Kier alpha value is -3.03. The number of aliphatic hydroxyl groups is 2. The van der Waals surface area contributed by atoms with Crippen LogP contribution in [0.2, 0.25) is 0 Å². The Kier molecular flexibility index (Phi) is 6.21. The van der Waals surface area contributed by atoms with Crippen LogP contribution in [0.1, 0.15) is 47.7 Å². The molecular weight excluding hydrogens is 380 g/mol. The fourth-order valence-corrected chi connectivity index (χ4v) is 3.79. The molecule has 1 fully saturated rings. The van der Waals surface area contributed by atoms with Crippen LogP contribution in [0.4, 0.5) is 5.95 Å². The van der Waals surface area contributed by atoms with Crippen LogP contribution in [-0.4, -0.2) is 44.8 Å². The first-order chi connectivity index (χ1) is 14.6. The van der Waals surface area contributed by atoms with Crippen molar-refractivity contribution in [2.24, 2.45) is 0 Å². The molecular formula is C23H26N4O3. The molecule has 1 saturated carbocycles. The van der Waals surface area contributed by atoms with Gasteiger partial charge in [0.25, 0.3) is 5.91 Å². The van der Waals surface area contributed by atoms with Crippen LogP contribution in [0.3, 0.4) is 0 Å². The highest BCUT2D eigenvalue weighted by Gasteiger charge is 2.20. The van der Waals surface area contributed by atoms with Gasteiger partial charge in [-0.25, -0.2) is 9.97 Å². The van der Waals surface area contributed by atoms with Crippen molar-refractivity contribution in [3.63, 3.8) is 0 Å². The molecule has 0 bridgehead atoms. The summed E-state index contributed by atoms with van der Waals surface area (Å²) < 4.78 is 0. The van der Waals surface area contributed by atoms with Gasteiger partial charge < -0.3 is 20.8 Å². The van der Waals surface area contributed by atoms with Gasteiger partial charge in [-0.1, -0.05) is 42.5 Å². The first kappa shape index (κ1) is 20.3. The lowest BCUT2D eigenvalue weighted by Crippen LogP contribution is -2.29. The van der Waals surface area contributed by atoms with Gasteiger partial charge in [-0.15, -0.1) is 0 Å². The van der Waals surface area contributed by atoms with Gasteiger partial charge in [0.2, 0.25) is 5.95 Å². The highest BCUT2D eigenvalue weighted by molar-refractivity contribution is 6.05. The molecule has 1 atom stereocenters. The molecule has 3 aromatic rings. The number of benzene rings is 2. The van der Waals surface area contributed by atoms with E-state index in [9.17, 15) is 15.0 Å². The molecule has 0 spiro atoms. The summed E-state index contributed by atoms with van der Waals surface area (Å²) in [5, 5.41) is 26.9. The van der Waals surface area contributed by atoms with E-state index >= 15 is 0 Å². The zero-order chi connectivity index (χ0) is 20.9. The second-order valence-electron chi connectivity index (χ2n) is 7.72. The Balaban J connectivity index is 1.48. The van der Waals surface area contributed by atoms with E-state index in [1.54, 1.807) is 18.3 Å². The summed E-state index contributed by atoms with van der Waals surface area (Å²) in [6.45, 7) is 0.111. The number of nitrogens with zero attached hydrogens (tertiary/aromatic N) is 2. The standard InChI is InChI=1S/C23H26N4O3/c28-18-11-9-17(10-12-18)26-23-25-13-16-7-4-8-19(21(16)27-23)22(30)24-14-20(29)15-5-2-1-3-6-15/h1-8,13,17-18,20,28-29H,9-12,14H2,(H,24,30)(H,25,26,27)/t17-,18-,20?. The van der Waals surface area contributed by atoms with Crippen LogP contribution in [0.15, 0.2) is 54.7 Å². The van der Waals surface area contributed by atoms with Gasteiger partial charge >= 0.3 is 0 Å². The summed E-state index contributed by atoms with van der Waals surface area (Å²) in [5.74, 6) is 0.189. The number of amides is 1. The Labute approximate surface area is 175 Å². The molecule has 30 heavy (non-hydrogen) atoms. The van der Waals surface area contributed by atoms with Crippen LogP contribution < -0.4 is 10.6 Å². The lowest BCUT2D eigenvalue weighted by Gasteiger charge is -2.26. The molecule has 0 radical (unpaired) electrons. The SMILES string of the molecule is O=C(NCC(O)c1ccccc1)c1cccc2cnc(N[C@H]3CC[C@H](O)CC3)nc12. The lowest BCUT2D eigenvalue weighted by atomic mass is 9.93. The number of anilines is 1. The molecule has 0 aliphatic heterocycles. The Bertz CT molecular complexity index is 1000. The Morgan fingerprint density at radius 2 is 1.83 bits per heavy atom. The van der Waals surface area contributed by atoms with Gasteiger partial charge in [-0.2, -0.15) is 0 Å². The molecule has 4 rings (SSSR count). The van der Waals surface area contributed by atoms with Gasteiger partial charge in [0.05, 0.1) is 23.3 Å². The summed E-state index contributed by atoms with van der Waals surface area (Å²) in [6, 6.07) is 14.8. The van der Waals surface area contributed by atoms with Gasteiger partial charge in [0.15, 0.2) is 0 Å². The van der Waals surface area contributed by atoms with Gasteiger partial charge in [-0.3, -0.25) is 4.79 Å². The average molecular weight is 406 g/mol. The van der Waals surface area contributed by atoms with E-state index in [1.165, 1.54) is 0 Å². The molecule has 2 aromatic carbocycles. The molecule has 0 saturated heterocycles. The van der Waals surface area contributed by atoms with Crippen LogP contribution in [0.25, 0.3) is 10.9 Å². The third-order valence-electron chi connectivity index (χ3n) is 5.53. The van der Waals surface area contributed by atoms with E-state index in [4.69, 9.17) is 0 Å². The summed E-state index contributed by atoms with van der Waals surface area (Å²) in [4.78, 5) is 21.8. The fraction of sp³-hybridized carbons (Fsp3) is 0.348.